The second-order valence-electron chi connectivity index (χ2n) is 18.2. The van der Waals surface area contributed by atoms with E-state index in [1.54, 1.807) is 6.08 Å². The van der Waals surface area contributed by atoms with E-state index >= 15 is 0 Å². The van der Waals surface area contributed by atoms with Crippen LogP contribution in [0.15, 0.2) is 48.6 Å². The molecule has 0 rings (SSSR count). The molecule has 0 aliphatic carbocycles. The fourth-order valence-corrected chi connectivity index (χ4v) is 7.89. The number of hydrogen-bond donors (Lipinski definition) is 3. The smallest absolute Gasteiger partial charge is 0.305 e. The molecule has 0 aromatic heterocycles. The zero-order valence-corrected chi connectivity index (χ0v) is 41.1. The summed E-state index contributed by atoms with van der Waals surface area (Å²) in [5.41, 5.74) is 0. The van der Waals surface area contributed by atoms with E-state index in [1.807, 2.05) is 6.08 Å². The predicted molar refractivity (Wildman–Crippen MR) is 269 cm³/mol. The summed E-state index contributed by atoms with van der Waals surface area (Å²) in [6.07, 6.45) is 64.0. The Labute approximate surface area is 385 Å². The number of allylic oxidation sites excluding steroid dienone is 7. The van der Waals surface area contributed by atoms with Crippen molar-refractivity contribution in [3.63, 3.8) is 0 Å². The van der Waals surface area contributed by atoms with Crippen LogP contribution < -0.4 is 5.32 Å². The van der Waals surface area contributed by atoms with E-state index in [-0.39, 0.29) is 18.5 Å². The van der Waals surface area contributed by atoms with Crippen molar-refractivity contribution in [2.75, 3.05) is 13.2 Å². The molecule has 6 nitrogen and oxygen atoms in total. The summed E-state index contributed by atoms with van der Waals surface area (Å²) >= 11 is 0. The van der Waals surface area contributed by atoms with Crippen LogP contribution in [-0.4, -0.2) is 47.4 Å². The topological polar surface area (TPSA) is 95.9 Å². The van der Waals surface area contributed by atoms with Crippen molar-refractivity contribution in [2.45, 2.75) is 283 Å². The minimum Gasteiger partial charge on any atom is -0.466 e. The Balaban J connectivity index is 3.54. The number of carbonyl (C=O) groups excluding carboxylic acids is 2. The van der Waals surface area contributed by atoms with Gasteiger partial charge in [0.2, 0.25) is 5.91 Å². The number of unbranched alkanes of at least 4 members (excludes halogenated alkanes) is 32. The fraction of sp³-hybridized carbons (Fsp3) is 0.821. The number of carbonyl (C=O) groups is 2. The number of rotatable bonds is 49. The summed E-state index contributed by atoms with van der Waals surface area (Å²) in [6, 6.07) is -0.650. The van der Waals surface area contributed by atoms with Crippen molar-refractivity contribution in [1.29, 1.82) is 0 Å². The summed E-state index contributed by atoms with van der Waals surface area (Å²) in [4.78, 5) is 24.5. The molecular weight excluding hydrogens is 767 g/mol. The van der Waals surface area contributed by atoms with Crippen LogP contribution in [0, 0.1) is 0 Å². The predicted octanol–water partition coefficient (Wildman–Crippen LogP) is 16.2. The van der Waals surface area contributed by atoms with Crippen molar-refractivity contribution in [2.24, 2.45) is 0 Å². The van der Waals surface area contributed by atoms with E-state index in [9.17, 15) is 19.8 Å². The molecule has 362 valence electrons. The third kappa shape index (κ3) is 47.3. The molecule has 6 heteroatoms. The number of nitrogens with one attached hydrogen (secondary N) is 1. The van der Waals surface area contributed by atoms with Gasteiger partial charge in [0.05, 0.1) is 25.4 Å². The number of esters is 1. The average molecular weight is 870 g/mol. The number of hydrogen-bond acceptors (Lipinski definition) is 5. The summed E-state index contributed by atoms with van der Waals surface area (Å²) in [5, 5.41) is 23.0. The van der Waals surface area contributed by atoms with E-state index in [4.69, 9.17) is 4.74 Å². The van der Waals surface area contributed by atoms with Crippen LogP contribution >= 0.6 is 0 Å². The van der Waals surface area contributed by atoms with Crippen LogP contribution in [0.25, 0.3) is 0 Å². The molecule has 62 heavy (non-hydrogen) atoms. The molecule has 1 amide bonds. The molecule has 2 atom stereocenters. The van der Waals surface area contributed by atoms with Gasteiger partial charge in [0.25, 0.3) is 0 Å². The van der Waals surface area contributed by atoms with Crippen LogP contribution in [0.4, 0.5) is 0 Å². The first kappa shape index (κ1) is 59.8. The molecule has 0 aliphatic rings. The van der Waals surface area contributed by atoms with Gasteiger partial charge >= 0.3 is 5.97 Å². The lowest BCUT2D eigenvalue weighted by atomic mass is 10.0. The van der Waals surface area contributed by atoms with Gasteiger partial charge in [0, 0.05) is 12.8 Å². The lowest BCUT2D eigenvalue weighted by Gasteiger charge is -2.20. The van der Waals surface area contributed by atoms with Crippen LogP contribution in [0.1, 0.15) is 271 Å². The quantitative estimate of drug-likeness (QED) is 0.0322. The molecule has 0 bridgehead atoms. The van der Waals surface area contributed by atoms with Gasteiger partial charge in [-0.1, -0.05) is 217 Å². The van der Waals surface area contributed by atoms with Gasteiger partial charge in [-0.05, 0) is 89.9 Å². The van der Waals surface area contributed by atoms with Crippen LogP contribution in [0.2, 0.25) is 0 Å². The first-order valence-electron chi connectivity index (χ1n) is 26.9. The van der Waals surface area contributed by atoms with Crippen molar-refractivity contribution in [1.82, 2.24) is 5.32 Å². The molecule has 3 N–H and O–H groups in total. The summed E-state index contributed by atoms with van der Waals surface area (Å²) < 4.78 is 5.45. The van der Waals surface area contributed by atoms with E-state index < -0.39 is 12.1 Å². The Kier molecular flexibility index (Phi) is 49.6. The van der Waals surface area contributed by atoms with Crippen molar-refractivity contribution in [3.8, 4) is 0 Å². The molecule has 0 radical (unpaired) electrons. The Bertz CT molecular complexity index is 1050. The highest BCUT2D eigenvalue weighted by atomic mass is 16.5. The van der Waals surface area contributed by atoms with Crippen LogP contribution in [0.3, 0.4) is 0 Å². The average Bonchev–Trinajstić information content (AvgIpc) is 3.27. The zero-order chi connectivity index (χ0) is 45.1. The molecule has 2 unspecified atom stereocenters. The van der Waals surface area contributed by atoms with Gasteiger partial charge in [-0.15, -0.1) is 0 Å². The Hall–Kier alpha value is -2.18. The Morgan fingerprint density at radius 3 is 1.27 bits per heavy atom. The molecule has 0 aliphatic heterocycles. The molecule has 0 aromatic carbocycles. The van der Waals surface area contributed by atoms with E-state index in [2.05, 4.69) is 55.6 Å². The summed E-state index contributed by atoms with van der Waals surface area (Å²) in [7, 11) is 0. The first-order chi connectivity index (χ1) is 30.5. The number of amides is 1. The number of ether oxygens (including phenoxy) is 1. The minimum atomic E-state index is -0.863. The van der Waals surface area contributed by atoms with E-state index in [0.29, 0.717) is 19.4 Å². The van der Waals surface area contributed by atoms with Crippen LogP contribution in [0.5, 0.6) is 0 Å². The molecule has 0 aromatic rings. The largest absolute Gasteiger partial charge is 0.466 e. The van der Waals surface area contributed by atoms with Crippen molar-refractivity contribution < 1.29 is 24.5 Å². The van der Waals surface area contributed by atoms with E-state index in [1.165, 1.54) is 154 Å². The molecule has 0 saturated carbocycles. The van der Waals surface area contributed by atoms with Crippen molar-refractivity contribution >= 4 is 11.9 Å². The molecule has 0 heterocycles. The standard InChI is InChI=1S/C56H103NO5/c1-3-5-7-9-11-13-15-17-19-20-21-22-24-26-30-34-38-42-46-50-56(61)62-51-47-43-39-35-31-27-29-33-37-41-45-49-55(60)57-53(52-58)54(59)48-44-40-36-32-28-25-23-18-16-14-12-10-8-6-4-2/h11,13,17,19,31,35,44,48,53-54,58-59H,3-10,12,14-16,18,20-30,32-34,36-43,45-47,49-52H2,1-2H3,(H,57,60)/b13-11-,19-17-,35-31-,48-44+. The van der Waals surface area contributed by atoms with Gasteiger partial charge in [0.1, 0.15) is 0 Å². The highest BCUT2D eigenvalue weighted by Crippen LogP contribution is 2.15. The number of aliphatic hydroxyl groups excluding tert-OH is 2. The fourth-order valence-electron chi connectivity index (χ4n) is 7.89. The van der Waals surface area contributed by atoms with Crippen LogP contribution in [-0.2, 0) is 14.3 Å². The lowest BCUT2D eigenvalue weighted by molar-refractivity contribution is -0.143. The maximum atomic E-state index is 12.4. The number of aliphatic hydroxyl groups is 2. The monoisotopic (exact) mass is 870 g/mol. The molecule has 0 spiro atoms. The summed E-state index contributed by atoms with van der Waals surface area (Å²) in [6.45, 7) is 4.79. The summed E-state index contributed by atoms with van der Waals surface area (Å²) in [5.74, 6) is -0.135. The van der Waals surface area contributed by atoms with Gasteiger partial charge in [-0.2, -0.15) is 0 Å². The highest BCUT2D eigenvalue weighted by Gasteiger charge is 2.18. The Morgan fingerprint density at radius 2 is 0.806 bits per heavy atom. The highest BCUT2D eigenvalue weighted by molar-refractivity contribution is 5.76. The maximum Gasteiger partial charge on any atom is 0.305 e. The molecular formula is C56H103NO5. The van der Waals surface area contributed by atoms with Crippen molar-refractivity contribution in [3.05, 3.63) is 48.6 Å². The normalized spacial score (nSPS) is 13.0. The minimum absolute atomic E-state index is 0.0375. The van der Waals surface area contributed by atoms with Gasteiger partial charge in [0.15, 0.2) is 0 Å². The second kappa shape index (κ2) is 51.5. The van der Waals surface area contributed by atoms with E-state index in [0.717, 1.165) is 89.9 Å². The third-order valence-electron chi connectivity index (χ3n) is 12.1. The zero-order valence-electron chi connectivity index (χ0n) is 41.1. The maximum absolute atomic E-state index is 12.4. The first-order valence-corrected chi connectivity index (χ1v) is 26.9. The lowest BCUT2D eigenvalue weighted by Crippen LogP contribution is -2.45. The SMILES string of the molecule is CCCCC/C=C\C/C=C\CCCCCCCCCCCC(=O)OCCCC/C=C\CCCCCCCC(=O)NC(CO)C(O)/C=C/CCCCCCCCCCCCCCC. The van der Waals surface area contributed by atoms with Gasteiger partial charge < -0.3 is 20.3 Å². The molecule has 0 saturated heterocycles. The molecule has 0 fully saturated rings. The van der Waals surface area contributed by atoms with Gasteiger partial charge in [-0.3, -0.25) is 9.59 Å². The van der Waals surface area contributed by atoms with Gasteiger partial charge in [-0.25, -0.2) is 0 Å². The second-order valence-corrected chi connectivity index (χ2v) is 18.2. The third-order valence-corrected chi connectivity index (χ3v) is 12.1. The Morgan fingerprint density at radius 1 is 0.452 bits per heavy atom.